The van der Waals surface area contributed by atoms with Gasteiger partial charge in [-0.3, -0.25) is 4.79 Å². The molecule has 1 aromatic heterocycles. The van der Waals surface area contributed by atoms with Crippen molar-refractivity contribution in [3.05, 3.63) is 90.1 Å². The molecule has 0 bridgehead atoms. The minimum atomic E-state index is -0.374. The van der Waals surface area contributed by atoms with Gasteiger partial charge in [-0.25, -0.2) is 0 Å². The third-order valence-electron chi connectivity index (χ3n) is 9.75. The molecule has 5 N–H and O–H groups in total. The van der Waals surface area contributed by atoms with Crippen molar-refractivity contribution in [1.29, 1.82) is 0 Å². The van der Waals surface area contributed by atoms with E-state index in [0.29, 0.717) is 31.1 Å². The number of H-pyrrole nitrogens is 1. The number of hydrogen-bond acceptors (Lipinski definition) is 5. The van der Waals surface area contributed by atoms with Crippen molar-refractivity contribution < 1.29 is 19.7 Å². The zero-order valence-corrected chi connectivity index (χ0v) is 26.9. The Balaban J connectivity index is 1.04. The molecule has 4 aromatic rings. The van der Waals surface area contributed by atoms with Gasteiger partial charge in [0.1, 0.15) is 5.75 Å². The van der Waals surface area contributed by atoms with Gasteiger partial charge < -0.3 is 25.7 Å². The molecule has 4 atom stereocenters. The Labute approximate surface area is 267 Å². The number of nitrogens with two attached hydrogens (primary N) is 1. The van der Waals surface area contributed by atoms with Crippen molar-refractivity contribution in [1.82, 2.24) is 4.98 Å². The molecule has 1 aliphatic carbocycles. The van der Waals surface area contributed by atoms with Crippen LogP contribution in [0, 0.1) is 17.3 Å². The van der Waals surface area contributed by atoms with Crippen LogP contribution in [0.1, 0.15) is 76.3 Å². The van der Waals surface area contributed by atoms with Gasteiger partial charge in [-0.05, 0) is 122 Å². The van der Waals surface area contributed by atoms with Crippen LogP contribution in [0.4, 0.5) is 0 Å². The number of benzene rings is 3. The number of unbranched alkanes of at least 4 members (excludes halogenated alkanes) is 1. The molecular formula is C39H50N2O4. The Morgan fingerprint density at radius 2 is 1.89 bits per heavy atom. The first-order valence-corrected chi connectivity index (χ1v) is 16.7. The Hall–Kier alpha value is -3.45. The standard InChI is InChI=1S/C39H50N2O4/c1-39(2)25-30(34(38(39)44)19-17-32(42)16-14-27-13-15-28-9-7-8-10-29(28)23-27)11-5-3-4-6-12-37(43)45-33-18-20-36-35(24-33)31(21-22-40)26-41-36/h3,5,7-10,13,15,18,20,23-24,26,30,32,34,38,41-42,44H,4,6,11-12,14,16-17,19,21-22,25,40H2,1-2H3/b5-3-/t30-,32?,34+,38?/m0/s1. The first-order valence-electron chi connectivity index (χ1n) is 16.7. The van der Waals surface area contributed by atoms with E-state index < -0.39 is 0 Å². The van der Waals surface area contributed by atoms with Gasteiger partial charge >= 0.3 is 5.97 Å². The number of aliphatic hydroxyl groups is 2. The normalized spacial score (nSPS) is 20.3. The smallest absolute Gasteiger partial charge is 0.311 e. The van der Waals surface area contributed by atoms with Crippen molar-refractivity contribution in [3.8, 4) is 5.75 Å². The van der Waals surface area contributed by atoms with Crippen LogP contribution in [0.25, 0.3) is 21.7 Å². The molecule has 45 heavy (non-hydrogen) atoms. The number of esters is 1. The largest absolute Gasteiger partial charge is 0.427 e. The van der Waals surface area contributed by atoms with Crippen molar-refractivity contribution in [3.63, 3.8) is 0 Å². The molecule has 6 heteroatoms. The lowest BCUT2D eigenvalue weighted by atomic mass is 9.85. The van der Waals surface area contributed by atoms with E-state index in [1.165, 1.54) is 16.3 Å². The number of aromatic amines is 1. The Bertz CT molecular complexity index is 1590. The predicted molar refractivity (Wildman–Crippen MR) is 183 cm³/mol. The van der Waals surface area contributed by atoms with Gasteiger partial charge in [-0.15, -0.1) is 0 Å². The van der Waals surface area contributed by atoms with Gasteiger partial charge in [0, 0.05) is 23.5 Å². The summed E-state index contributed by atoms with van der Waals surface area (Å²) >= 11 is 0. The summed E-state index contributed by atoms with van der Waals surface area (Å²) in [4.78, 5) is 15.7. The van der Waals surface area contributed by atoms with E-state index in [1.54, 1.807) is 0 Å². The average Bonchev–Trinajstić information content (AvgIpc) is 3.52. The molecule has 5 rings (SSSR count). The van der Waals surface area contributed by atoms with Crippen molar-refractivity contribution in [2.45, 2.75) is 90.3 Å². The van der Waals surface area contributed by atoms with Gasteiger partial charge in [-0.1, -0.05) is 68.5 Å². The number of allylic oxidation sites excluding steroid dienone is 2. The lowest BCUT2D eigenvalue weighted by molar-refractivity contribution is -0.134. The van der Waals surface area contributed by atoms with E-state index in [1.807, 2.05) is 24.4 Å². The van der Waals surface area contributed by atoms with Gasteiger partial charge in [0.15, 0.2) is 0 Å². The van der Waals surface area contributed by atoms with Crippen LogP contribution < -0.4 is 10.5 Å². The molecular weight excluding hydrogens is 560 g/mol. The summed E-state index contributed by atoms with van der Waals surface area (Å²) in [6.45, 7) is 4.88. The lowest BCUT2D eigenvalue weighted by Crippen LogP contribution is -2.29. The first kappa shape index (κ1) is 32.9. The van der Waals surface area contributed by atoms with Crippen LogP contribution in [0.2, 0.25) is 0 Å². The number of fused-ring (bicyclic) bond motifs is 2. The van der Waals surface area contributed by atoms with Gasteiger partial charge in [0.2, 0.25) is 0 Å². The SMILES string of the molecule is CC1(C)C[C@H](C/C=C\CCCC(=O)Oc2ccc3[nH]cc(CCN)c3c2)[C@@H](CCC(O)CCc2ccc3ccccc3c2)C1O. The highest BCUT2D eigenvalue weighted by atomic mass is 16.5. The Morgan fingerprint density at radius 1 is 1.07 bits per heavy atom. The highest BCUT2D eigenvalue weighted by Crippen LogP contribution is 2.48. The number of hydrogen-bond donors (Lipinski definition) is 4. The second-order valence-electron chi connectivity index (χ2n) is 13.6. The maximum Gasteiger partial charge on any atom is 0.311 e. The quantitative estimate of drug-likeness (QED) is 0.0479. The molecule has 1 fully saturated rings. The van der Waals surface area contributed by atoms with Crippen molar-refractivity contribution >= 4 is 27.6 Å². The maximum absolute atomic E-state index is 12.5. The summed E-state index contributed by atoms with van der Waals surface area (Å²) in [7, 11) is 0. The zero-order chi connectivity index (χ0) is 31.8. The average molecular weight is 611 g/mol. The molecule has 1 heterocycles. The van der Waals surface area contributed by atoms with Crippen LogP contribution in [0.5, 0.6) is 5.75 Å². The van der Waals surface area contributed by atoms with E-state index in [4.69, 9.17) is 10.5 Å². The number of aryl methyl sites for hydroxylation is 1. The summed E-state index contributed by atoms with van der Waals surface area (Å²) in [5.74, 6) is 0.904. The van der Waals surface area contributed by atoms with Crippen LogP contribution in [-0.2, 0) is 17.6 Å². The zero-order valence-electron chi connectivity index (χ0n) is 26.9. The van der Waals surface area contributed by atoms with Gasteiger partial charge in [-0.2, -0.15) is 0 Å². The maximum atomic E-state index is 12.5. The third-order valence-corrected chi connectivity index (χ3v) is 9.75. The van der Waals surface area contributed by atoms with Crippen LogP contribution in [0.3, 0.4) is 0 Å². The molecule has 6 nitrogen and oxygen atoms in total. The second kappa shape index (κ2) is 15.2. The molecule has 0 spiro atoms. The highest BCUT2D eigenvalue weighted by Gasteiger charge is 2.46. The van der Waals surface area contributed by atoms with E-state index >= 15 is 0 Å². The highest BCUT2D eigenvalue weighted by molar-refractivity contribution is 5.85. The minimum absolute atomic E-state index is 0.128. The lowest BCUT2D eigenvalue weighted by Gasteiger charge is -2.26. The van der Waals surface area contributed by atoms with Crippen molar-refractivity contribution in [2.24, 2.45) is 23.0 Å². The van der Waals surface area contributed by atoms with Gasteiger partial charge in [0.05, 0.1) is 12.2 Å². The molecule has 0 amide bonds. The third kappa shape index (κ3) is 8.63. The number of aliphatic hydroxyl groups excluding tert-OH is 2. The van der Waals surface area contributed by atoms with Crippen LogP contribution in [0.15, 0.2) is 79.0 Å². The summed E-state index contributed by atoms with van der Waals surface area (Å²) in [5, 5.41) is 25.5. The molecule has 0 radical (unpaired) electrons. The number of ether oxygens (including phenoxy) is 1. The Morgan fingerprint density at radius 3 is 2.71 bits per heavy atom. The fraction of sp³-hybridized carbons (Fsp3) is 0.462. The fourth-order valence-corrected chi connectivity index (χ4v) is 7.21. The number of carbonyl (C=O) groups is 1. The number of nitrogens with one attached hydrogen (secondary N) is 1. The number of aromatic nitrogens is 1. The Kier molecular flexibility index (Phi) is 11.1. The monoisotopic (exact) mass is 610 g/mol. The molecule has 0 aliphatic heterocycles. The van der Waals surface area contributed by atoms with E-state index in [0.717, 1.165) is 67.8 Å². The molecule has 1 aliphatic rings. The summed E-state index contributed by atoms with van der Waals surface area (Å²) < 4.78 is 5.61. The van der Waals surface area contributed by atoms with Gasteiger partial charge in [0.25, 0.3) is 0 Å². The van der Waals surface area contributed by atoms with Crippen LogP contribution in [-0.4, -0.2) is 39.9 Å². The van der Waals surface area contributed by atoms with E-state index in [9.17, 15) is 15.0 Å². The summed E-state index contributed by atoms with van der Waals surface area (Å²) in [5.41, 5.74) is 8.98. The molecule has 1 saturated carbocycles. The molecule has 3 aromatic carbocycles. The van der Waals surface area contributed by atoms with E-state index in [2.05, 4.69) is 73.4 Å². The first-order chi connectivity index (χ1) is 21.7. The molecule has 240 valence electrons. The number of rotatable bonds is 15. The van der Waals surface area contributed by atoms with Crippen LogP contribution >= 0.6 is 0 Å². The predicted octanol–water partition coefficient (Wildman–Crippen LogP) is 7.64. The number of carbonyl (C=O) groups excluding carboxylic acids is 1. The summed E-state index contributed by atoms with van der Waals surface area (Å²) in [6, 6.07) is 20.6. The van der Waals surface area contributed by atoms with E-state index in [-0.39, 0.29) is 29.5 Å². The second-order valence-corrected chi connectivity index (χ2v) is 13.6. The summed E-state index contributed by atoms with van der Waals surface area (Å²) in [6.07, 6.45) is 13.3. The molecule has 0 saturated heterocycles. The molecule has 2 unspecified atom stereocenters. The fourth-order valence-electron chi connectivity index (χ4n) is 7.21. The minimum Gasteiger partial charge on any atom is -0.427 e. The van der Waals surface area contributed by atoms with Crippen molar-refractivity contribution in [2.75, 3.05) is 6.54 Å². The topological polar surface area (TPSA) is 109 Å².